The van der Waals surface area contributed by atoms with Crippen LogP contribution in [0, 0.1) is 17.8 Å². The maximum absolute atomic E-state index is 11.1. The summed E-state index contributed by atoms with van der Waals surface area (Å²) in [6.07, 6.45) is 4.95. The number of aliphatic hydroxyl groups is 1. The van der Waals surface area contributed by atoms with Crippen LogP contribution in [0.5, 0.6) is 0 Å². The Morgan fingerprint density at radius 1 is 1.35 bits per heavy atom. The Balaban J connectivity index is 2.36. The third-order valence-corrected chi connectivity index (χ3v) is 4.16. The maximum Gasteiger partial charge on any atom is 0.110 e. The predicted octanol–water partition coefficient (Wildman–Crippen LogP) is 3.36. The maximum atomic E-state index is 11.1. The van der Waals surface area contributed by atoms with Crippen LogP contribution < -0.4 is 0 Å². The van der Waals surface area contributed by atoms with Gasteiger partial charge in [0.2, 0.25) is 0 Å². The van der Waals surface area contributed by atoms with Gasteiger partial charge in [-0.2, -0.15) is 0 Å². The van der Waals surface area contributed by atoms with Crippen LogP contribution in [0.15, 0.2) is 24.4 Å². The first-order chi connectivity index (χ1) is 8.04. The van der Waals surface area contributed by atoms with E-state index in [0.717, 1.165) is 18.5 Å². The molecule has 1 saturated carbocycles. The second kappa shape index (κ2) is 4.77. The molecule has 2 heteroatoms. The molecule has 1 N–H and O–H groups in total. The van der Waals surface area contributed by atoms with Crippen LogP contribution in [0.25, 0.3) is 0 Å². The molecule has 2 rings (SSSR count). The zero-order chi connectivity index (χ0) is 12.5. The quantitative estimate of drug-likeness (QED) is 0.849. The fourth-order valence-corrected chi connectivity index (χ4v) is 3.29. The molecule has 0 saturated heterocycles. The van der Waals surface area contributed by atoms with Crippen LogP contribution in [-0.2, 0) is 5.60 Å². The molecule has 0 spiro atoms. The van der Waals surface area contributed by atoms with Crippen molar-refractivity contribution in [3.05, 3.63) is 30.1 Å². The Bertz CT molecular complexity index is 362. The molecule has 1 heterocycles. The van der Waals surface area contributed by atoms with Crippen molar-refractivity contribution in [2.24, 2.45) is 17.8 Å². The molecule has 1 aliphatic rings. The van der Waals surface area contributed by atoms with Gasteiger partial charge in [-0.25, -0.2) is 0 Å². The van der Waals surface area contributed by atoms with Gasteiger partial charge in [0.15, 0.2) is 0 Å². The van der Waals surface area contributed by atoms with Crippen LogP contribution in [-0.4, -0.2) is 10.1 Å². The van der Waals surface area contributed by atoms with Crippen LogP contribution in [0.1, 0.15) is 45.7 Å². The fraction of sp³-hybridized carbons (Fsp3) is 0.667. The van der Waals surface area contributed by atoms with E-state index in [4.69, 9.17) is 0 Å². The molecule has 0 amide bonds. The van der Waals surface area contributed by atoms with Crippen molar-refractivity contribution in [3.63, 3.8) is 0 Å². The molecule has 0 bridgehead atoms. The molecule has 17 heavy (non-hydrogen) atoms. The van der Waals surface area contributed by atoms with Gasteiger partial charge in [-0.3, -0.25) is 4.98 Å². The Hall–Kier alpha value is -0.890. The van der Waals surface area contributed by atoms with Crippen molar-refractivity contribution in [1.82, 2.24) is 4.98 Å². The minimum atomic E-state index is -0.729. The highest BCUT2D eigenvalue weighted by molar-refractivity contribution is 5.16. The monoisotopic (exact) mass is 233 g/mol. The first kappa shape index (κ1) is 12.6. The number of pyridine rings is 1. The third-order valence-electron chi connectivity index (χ3n) is 4.16. The third kappa shape index (κ3) is 2.37. The molecule has 0 aliphatic heterocycles. The second-order valence-corrected chi connectivity index (χ2v) is 5.88. The smallest absolute Gasteiger partial charge is 0.110 e. The average molecular weight is 233 g/mol. The highest BCUT2D eigenvalue weighted by Gasteiger charge is 2.44. The number of nitrogens with zero attached hydrogens (tertiary/aromatic N) is 1. The largest absolute Gasteiger partial charge is 0.383 e. The Morgan fingerprint density at radius 2 is 2.12 bits per heavy atom. The van der Waals surface area contributed by atoms with Crippen molar-refractivity contribution >= 4 is 0 Å². The van der Waals surface area contributed by atoms with Gasteiger partial charge in [-0.15, -0.1) is 0 Å². The highest BCUT2D eigenvalue weighted by Crippen LogP contribution is 2.46. The van der Waals surface area contributed by atoms with Crippen molar-refractivity contribution in [3.8, 4) is 0 Å². The summed E-state index contributed by atoms with van der Waals surface area (Å²) < 4.78 is 0. The lowest BCUT2D eigenvalue weighted by atomic mass is 9.65. The van der Waals surface area contributed by atoms with Crippen molar-refractivity contribution in [2.45, 2.75) is 45.6 Å². The van der Waals surface area contributed by atoms with Gasteiger partial charge in [0, 0.05) is 6.20 Å². The normalized spacial score (nSPS) is 33.9. The van der Waals surface area contributed by atoms with E-state index in [1.165, 1.54) is 6.42 Å². The summed E-state index contributed by atoms with van der Waals surface area (Å²) in [6, 6.07) is 5.84. The number of hydrogen-bond donors (Lipinski definition) is 1. The van der Waals surface area contributed by atoms with Crippen molar-refractivity contribution in [1.29, 1.82) is 0 Å². The number of hydrogen-bond acceptors (Lipinski definition) is 2. The second-order valence-electron chi connectivity index (χ2n) is 5.88. The highest BCUT2D eigenvalue weighted by atomic mass is 16.3. The topological polar surface area (TPSA) is 33.1 Å². The van der Waals surface area contributed by atoms with Crippen LogP contribution in [0.4, 0.5) is 0 Å². The molecular weight excluding hydrogens is 210 g/mol. The van der Waals surface area contributed by atoms with E-state index in [2.05, 4.69) is 25.8 Å². The zero-order valence-corrected chi connectivity index (χ0v) is 11.1. The zero-order valence-electron chi connectivity index (χ0n) is 11.1. The van der Waals surface area contributed by atoms with Gasteiger partial charge >= 0.3 is 0 Å². The summed E-state index contributed by atoms with van der Waals surface area (Å²) in [5.41, 5.74) is 0.123. The van der Waals surface area contributed by atoms with Gasteiger partial charge < -0.3 is 5.11 Å². The van der Waals surface area contributed by atoms with E-state index in [1.807, 2.05) is 18.2 Å². The van der Waals surface area contributed by atoms with Crippen molar-refractivity contribution < 1.29 is 5.11 Å². The molecule has 1 aromatic rings. The average Bonchev–Trinajstić information content (AvgIpc) is 2.29. The Morgan fingerprint density at radius 3 is 2.71 bits per heavy atom. The first-order valence-electron chi connectivity index (χ1n) is 6.68. The predicted molar refractivity (Wildman–Crippen MR) is 69.5 cm³/mol. The Labute approximate surface area is 104 Å². The Kier molecular flexibility index (Phi) is 3.53. The molecule has 0 radical (unpaired) electrons. The van der Waals surface area contributed by atoms with Crippen molar-refractivity contribution in [2.75, 3.05) is 0 Å². The molecule has 94 valence electrons. The van der Waals surface area contributed by atoms with E-state index in [0.29, 0.717) is 17.8 Å². The first-order valence-corrected chi connectivity index (χ1v) is 6.68. The van der Waals surface area contributed by atoms with Gasteiger partial charge in [-0.1, -0.05) is 33.3 Å². The van der Waals surface area contributed by atoms with Gasteiger partial charge in [0.1, 0.15) is 5.60 Å². The van der Waals surface area contributed by atoms with Crippen LogP contribution in [0.3, 0.4) is 0 Å². The lowest BCUT2D eigenvalue weighted by molar-refractivity contribution is -0.0897. The SMILES string of the molecule is CC1CCC(C(C)C)C(O)(c2ccccn2)C1. The molecule has 2 nitrogen and oxygen atoms in total. The summed E-state index contributed by atoms with van der Waals surface area (Å²) >= 11 is 0. The standard InChI is InChI=1S/C15H23NO/c1-11(2)13-8-7-12(3)10-15(13,17)14-6-4-5-9-16-14/h4-6,9,11-13,17H,7-8,10H2,1-3H3. The lowest BCUT2D eigenvalue weighted by Crippen LogP contribution is -2.43. The summed E-state index contributed by atoms with van der Waals surface area (Å²) in [4.78, 5) is 4.39. The van der Waals surface area contributed by atoms with Crippen LogP contribution in [0.2, 0.25) is 0 Å². The molecule has 3 unspecified atom stereocenters. The van der Waals surface area contributed by atoms with E-state index >= 15 is 0 Å². The summed E-state index contributed by atoms with van der Waals surface area (Å²) in [7, 11) is 0. The molecular formula is C15H23NO. The molecule has 1 fully saturated rings. The summed E-state index contributed by atoms with van der Waals surface area (Å²) in [6.45, 7) is 6.63. The van der Waals surface area contributed by atoms with Crippen LogP contribution >= 0.6 is 0 Å². The number of rotatable bonds is 2. The molecule has 1 aliphatic carbocycles. The molecule has 3 atom stereocenters. The molecule has 1 aromatic heterocycles. The van der Waals surface area contributed by atoms with E-state index < -0.39 is 5.60 Å². The van der Waals surface area contributed by atoms with Gasteiger partial charge in [0.25, 0.3) is 0 Å². The fourth-order valence-electron chi connectivity index (χ4n) is 3.29. The minimum absolute atomic E-state index is 0.327. The summed E-state index contributed by atoms with van der Waals surface area (Å²) in [5.74, 6) is 1.40. The van der Waals surface area contributed by atoms with Gasteiger partial charge in [0.05, 0.1) is 5.69 Å². The van der Waals surface area contributed by atoms with E-state index in [9.17, 15) is 5.11 Å². The van der Waals surface area contributed by atoms with E-state index in [1.54, 1.807) is 6.20 Å². The number of aromatic nitrogens is 1. The molecule has 0 aromatic carbocycles. The van der Waals surface area contributed by atoms with E-state index in [-0.39, 0.29) is 0 Å². The lowest BCUT2D eigenvalue weighted by Gasteiger charge is -2.44. The summed E-state index contributed by atoms with van der Waals surface area (Å²) in [5, 5.41) is 11.1. The minimum Gasteiger partial charge on any atom is -0.383 e. The van der Waals surface area contributed by atoms with Gasteiger partial charge in [-0.05, 0) is 42.7 Å².